The Morgan fingerprint density at radius 2 is 1.69 bits per heavy atom. The number of hydrogen-bond donors (Lipinski definition) is 0. The van der Waals surface area contributed by atoms with E-state index in [2.05, 4.69) is 69.2 Å². The number of rotatable bonds is 5. The molecule has 26 heavy (non-hydrogen) atoms. The maximum Gasteiger partial charge on any atom is 0.0880 e. The molecule has 2 aliphatic carbocycles. The third kappa shape index (κ3) is 3.11. The molecule has 3 aromatic rings. The van der Waals surface area contributed by atoms with Gasteiger partial charge in [-0.3, -0.25) is 4.98 Å². The summed E-state index contributed by atoms with van der Waals surface area (Å²) < 4.78 is 2.46. The van der Waals surface area contributed by atoms with E-state index >= 15 is 0 Å². The minimum absolute atomic E-state index is 0.617. The van der Waals surface area contributed by atoms with Crippen LogP contribution in [0.2, 0.25) is 0 Å². The molecule has 0 unspecified atom stereocenters. The van der Waals surface area contributed by atoms with Gasteiger partial charge in [-0.15, -0.1) is 0 Å². The van der Waals surface area contributed by atoms with Crippen LogP contribution >= 0.6 is 0 Å². The van der Waals surface area contributed by atoms with E-state index in [0.29, 0.717) is 12.1 Å². The van der Waals surface area contributed by atoms with Crippen molar-refractivity contribution in [2.24, 2.45) is 5.92 Å². The van der Waals surface area contributed by atoms with Gasteiger partial charge in [0.2, 0.25) is 0 Å². The molecule has 3 heteroatoms. The molecule has 2 saturated carbocycles. The summed E-state index contributed by atoms with van der Waals surface area (Å²) in [4.78, 5) is 7.20. The average Bonchev–Trinajstić information content (AvgIpc) is 3.43. The van der Waals surface area contributed by atoms with E-state index in [4.69, 9.17) is 0 Å². The van der Waals surface area contributed by atoms with Crippen LogP contribution in [0.4, 0.5) is 5.69 Å². The summed E-state index contributed by atoms with van der Waals surface area (Å²) in [5.41, 5.74) is 3.82. The van der Waals surface area contributed by atoms with Crippen molar-refractivity contribution in [2.75, 3.05) is 11.4 Å². The summed E-state index contributed by atoms with van der Waals surface area (Å²) in [5.74, 6) is 0.924. The normalized spacial score (nSPS) is 23.2. The number of hydrogen-bond acceptors (Lipinski definition) is 2. The van der Waals surface area contributed by atoms with E-state index in [1.165, 1.54) is 56.3 Å². The zero-order valence-electron chi connectivity index (χ0n) is 15.3. The third-order valence-corrected chi connectivity index (χ3v) is 6.23. The molecule has 0 atom stereocenters. The van der Waals surface area contributed by atoms with Crippen molar-refractivity contribution in [1.29, 1.82) is 0 Å². The Kier molecular flexibility index (Phi) is 4.16. The minimum Gasteiger partial charge on any atom is -0.368 e. The number of benzene rings is 1. The second-order valence-corrected chi connectivity index (χ2v) is 8.02. The lowest BCUT2D eigenvalue weighted by atomic mass is 9.89. The van der Waals surface area contributed by atoms with Crippen LogP contribution in [0.5, 0.6) is 0 Å². The van der Waals surface area contributed by atoms with Crippen LogP contribution in [-0.2, 0) is 0 Å². The zero-order valence-corrected chi connectivity index (χ0v) is 15.3. The van der Waals surface area contributed by atoms with Gasteiger partial charge < -0.3 is 9.47 Å². The topological polar surface area (TPSA) is 21.1 Å². The van der Waals surface area contributed by atoms with Crippen LogP contribution in [0, 0.1) is 5.92 Å². The molecule has 0 aliphatic heterocycles. The van der Waals surface area contributed by atoms with Gasteiger partial charge in [0.1, 0.15) is 0 Å². The SMILES string of the molecule is c1ccc(N(CC2CC2)C2CCC(n3ccc4ncccc43)CC2)cc1. The van der Waals surface area contributed by atoms with Crippen LogP contribution in [0.1, 0.15) is 44.6 Å². The zero-order chi connectivity index (χ0) is 17.3. The van der Waals surface area contributed by atoms with Crippen molar-refractivity contribution in [3.63, 3.8) is 0 Å². The van der Waals surface area contributed by atoms with E-state index in [1.807, 2.05) is 6.20 Å². The van der Waals surface area contributed by atoms with Crippen molar-refractivity contribution in [3.05, 3.63) is 60.9 Å². The Hall–Kier alpha value is -2.29. The Morgan fingerprint density at radius 3 is 2.46 bits per heavy atom. The smallest absolute Gasteiger partial charge is 0.0880 e. The molecule has 5 rings (SSSR count). The molecule has 0 bridgehead atoms. The Morgan fingerprint density at radius 1 is 0.885 bits per heavy atom. The maximum absolute atomic E-state index is 4.49. The van der Waals surface area contributed by atoms with Gasteiger partial charge in [0.15, 0.2) is 0 Å². The predicted octanol–water partition coefficient (Wildman–Crippen LogP) is 5.44. The summed E-state index contributed by atoms with van der Waals surface area (Å²) in [6.45, 7) is 1.25. The number of anilines is 1. The second kappa shape index (κ2) is 6.79. The first-order valence-corrected chi connectivity index (χ1v) is 10.1. The third-order valence-electron chi connectivity index (χ3n) is 6.23. The van der Waals surface area contributed by atoms with Gasteiger partial charge in [0.25, 0.3) is 0 Å². The lowest BCUT2D eigenvalue weighted by Gasteiger charge is -2.39. The molecular formula is C23H27N3. The molecule has 2 heterocycles. The highest BCUT2D eigenvalue weighted by Gasteiger charge is 2.31. The van der Waals surface area contributed by atoms with Crippen molar-refractivity contribution in [3.8, 4) is 0 Å². The molecular weight excluding hydrogens is 318 g/mol. The summed E-state index contributed by atoms with van der Waals surface area (Å²) in [6.07, 6.45) is 12.1. The number of nitrogens with zero attached hydrogens (tertiary/aromatic N) is 3. The van der Waals surface area contributed by atoms with Crippen LogP contribution < -0.4 is 4.90 Å². The van der Waals surface area contributed by atoms with Crippen LogP contribution in [0.25, 0.3) is 11.0 Å². The van der Waals surface area contributed by atoms with E-state index in [1.54, 1.807) is 0 Å². The molecule has 0 saturated heterocycles. The number of fused-ring (bicyclic) bond motifs is 1. The molecule has 0 N–H and O–H groups in total. The van der Waals surface area contributed by atoms with Crippen LogP contribution in [-0.4, -0.2) is 22.1 Å². The molecule has 1 aromatic carbocycles. The van der Waals surface area contributed by atoms with Gasteiger partial charge in [0.05, 0.1) is 11.0 Å². The van der Waals surface area contributed by atoms with Crippen LogP contribution in [0.15, 0.2) is 60.9 Å². The van der Waals surface area contributed by atoms with Gasteiger partial charge in [-0.05, 0) is 74.8 Å². The van der Waals surface area contributed by atoms with Crippen molar-refractivity contribution < 1.29 is 0 Å². The molecule has 2 aliphatic rings. The van der Waals surface area contributed by atoms with Crippen LogP contribution in [0.3, 0.4) is 0 Å². The Labute approximate surface area is 155 Å². The first-order valence-electron chi connectivity index (χ1n) is 10.1. The number of pyridine rings is 1. The average molecular weight is 345 g/mol. The quantitative estimate of drug-likeness (QED) is 0.614. The van der Waals surface area contributed by atoms with E-state index in [0.717, 1.165) is 11.4 Å². The lowest BCUT2D eigenvalue weighted by molar-refractivity contribution is 0.317. The largest absolute Gasteiger partial charge is 0.368 e. The predicted molar refractivity (Wildman–Crippen MR) is 108 cm³/mol. The molecule has 3 nitrogen and oxygen atoms in total. The lowest BCUT2D eigenvalue weighted by Crippen LogP contribution is -2.39. The first-order chi connectivity index (χ1) is 12.9. The fourth-order valence-electron chi connectivity index (χ4n) is 4.62. The Balaban J connectivity index is 1.32. The summed E-state index contributed by atoms with van der Waals surface area (Å²) in [6, 6.07) is 18.8. The number of para-hydroxylation sites is 1. The fourth-order valence-corrected chi connectivity index (χ4v) is 4.62. The van der Waals surface area contributed by atoms with Gasteiger partial charge in [-0.25, -0.2) is 0 Å². The highest BCUT2D eigenvalue weighted by Crippen LogP contribution is 2.38. The molecule has 0 amide bonds. The van der Waals surface area contributed by atoms with Crippen molar-refractivity contribution in [1.82, 2.24) is 9.55 Å². The van der Waals surface area contributed by atoms with Crippen molar-refractivity contribution >= 4 is 16.7 Å². The van der Waals surface area contributed by atoms with E-state index in [-0.39, 0.29) is 0 Å². The Bertz CT molecular complexity index is 857. The highest BCUT2D eigenvalue weighted by molar-refractivity contribution is 5.75. The van der Waals surface area contributed by atoms with Gasteiger partial charge in [-0.2, -0.15) is 0 Å². The van der Waals surface area contributed by atoms with E-state index < -0.39 is 0 Å². The first kappa shape index (κ1) is 15.9. The summed E-state index contributed by atoms with van der Waals surface area (Å²) in [7, 11) is 0. The standard InChI is InChI=1S/C23H27N3/c1-2-5-19(6-3-1)26(17-18-8-9-18)21-12-10-20(11-13-21)25-16-14-22-23(25)7-4-15-24-22/h1-7,14-16,18,20-21H,8-13,17H2. The molecule has 0 spiro atoms. The molecule has 0 radical (unpaired) electrons. The summed E-state index contributed by atoms with van der Waals surface area (Å²) >= 11 is 0. The molecule has 2 aromatic heterocycles. The maximum atomic E-state index is 4.49. The minimum atomic E-state index is 0.617. The second-order valence-electron chi connectivity index (χ2n) is 8.02. The van der Waals surface area contributed by atoms with Gasteiger partial charge >= 0.3 is 0 Å². The summed E-state index contributed by atoms with van der Waals surface area (Å²) in [5, 5.41) is 0. The van der Waals surface area contributed by atoms with Gasteiger partial charge in [-0.1, -0.05) is 18.2 Å². The number of aromatic nitrogens is 2. The van der Waals surface area contributed by atoms with Crippen molar-refractivity contribution in [2.45, 2.75) is 50.6 Å². The van der Waals surface area contributed by atoms with Gasteiger partial charge in [0, 0.05) is 36.7 Å². The fraction of sp³-hybridized carbons (Fsp3) is 0.435. The highest BCUT2D eigenvalue weighted by atomic mass is 15.2. The monoisotopic (exact) mass is 345 g/mol. The molecule has 2 fully saturated rings. The van der Waals surface area contributed by atoms with E-state index in [9.17, 15) is 0 Å². The molecule has 134 valence electrons.